The lowest BCUT2D eigenvalue weighted by atomic mass is 10.2. The number of benzene rings is 1. The van der Waals surface area contributed by atoms with Gasteiger partial charge >= 0.3 is 0 Å². The van der Waals surface area contributed by atoms with E-state index >= 15 is 0 Å². The average Bonchev–Trinajstić information content (AvgIpc) is 2.76. The Hall–Kier alpha value is -1.93. The average molecular weight is 310 g/mol. The molecule has 0 aliphatic rings. The van der Waals surface area contributed by atoms with E-state index in [0.717, 1.165) is 5.56 Å². The molecule has 0 saturated carbocycles. The van der Waals surface area contributed by atoms with Crippen molar-refractivity contribution >= 4 is 30.7 Å². The highest BCUT2D eigenvalue weighted by atomic mass is 32.1. The first-order chi connectivity index (χ1) is 9.65. The number of hydrogen-bond donors (Lipinski definition) is 2. The summed E-state index contributed by atoms with van der Waals surface area (Å²) in [5.41, 5.74) is 0.853. The number of nitrogens with one attached hydrogen (secondary N) is 2. The van der Waals surface area contributed by atoms with Crippen molar-refractivity contribution in [3.8, 4) is 11.5 Å². The number of nitrogens with zero attached hydrogens (tertiary/aromatic N) is 2. The Labute approximate surface area is 126 Å². The summed E-state index contributed by atoms with van der Waals surface area (Å²) in [7, 11) is 1.60. The number of aromatic nitrogens is 3. The minimum atomic E-state index is 0.407. The van der Waals surface area contributed by atoms with Gasteiger partial charge in [0.1, 0.15) is 0 Å². The summed E-state index contributed by atoms with van der Waals surface area (Å²) in [6.45, 7) is 2.48. The van der Waals surface area contributed by atoms with E-state index in [4.69, 9.17) is 33.9 Å². The summed E-state index contributed by atoms with van der Waals surface area (Å²) < 4.78 is 13.0. The zero-order valence-electron chi connectivity index (χ0n) is 11.0. The smallest absolute Gasteiger partial charge is 0.215 e. The van der Waals surface area contributed by atoms with E-state index in [1.807, 2.05) is 25.1 Å². The Morgan fingerprint density at radius 2 is 1.95 bits per heavy atom. The summed E-state index contributed by atoms with van der Waals surface area (Å²) in [5, 5.41) is 9.64. The Balaban J connectivity index is 2.32. The van der Waals surface area contributed by atoms with Gasteiger partial charge in [0.05, 0.1) is 19.9 Å². The topological polar surface area (TPSA) is 67.3 Å². The van der Waals surface area contributed by atoms with Crippen LogP contribution in [0.25, 0.3) is 0 Å². The predicted molar refractivity (Wildman–Crippen MR) is 82.0 cm³/mol. The van der Waals surface area contributed by atoms with E-state index in [-0.39, 0.29) is 0 Å². The van der Waals surface area contributed by atoms with Crippen LogP contribution in [0.3, 0.4) is 0 Å². The van der Waals surface area contributed by atoms with E-state index in [0.29, 0.717) is 27.6 Å². The Bertz CT molecular complexity index is 702. The molecule has 0 spiro atoms. The van der Waals surface area contributed by atoms with Crippen molar-refractivity contribution in [3.05, 3.63) is 33.3 Å². The van der Waals surface area contributed by atoms with Gasteiger partial charge in [-0.3, -0.25) is 10.2 Å². The molecule has 1 heterocycles. The minimum Gasteiger partial charge on any atom is -0.493 e. The quantitative estimate of drug-likeness (QED) is 0.658. The zero-order chi connectivity index (χ0) is 14.5. The molecule has 20 heavy (non-hydrogen) atoms. The van der Waals surface area contributed by atoms with E-state index in [9.17, 15) is 0 Å². The van der Waals surface area contributed by atoms with E-state index in [1.54, 1.807) is 13.3 Å². The highest BCUT2D eigenvalue weighted by Crippen LogP contribution is 2.27. The number of aromatic amines is 2. The fourth-order valence-electron chi connectivity index (χ4n) is 1.58. The molecule has 0 atom stereocenters. The fourth-order valence-corrected chi connectivity index (χ4v) is 2.01. The van der Waals surface area contributed by atoms with Gasteiger partial charge in [0.2, 0.25) is 9.54 Å². The number of hydrogen-bond acceptors (Lipinski definition) is 5. The third-order valence-electron chi connectivity index (χ3n) is 2.47. The van der Waals surface area contributed by atoms with Crippen molar-refractivity contribution in [2.45, 2.75) is 6.92 Å². The molecule has 0 saturated heterocycles. The van der Waals surface area contributed by atoms with Crippen molar-refractivity contribution in [1.29, 1.82) is 0 Å². The fraction of sp³-hybridized carbons (Fsp3) is 0.250. The van der Waals surface area contributed by atoms with Crippen molar-refractivity contribution in [1.82, 2.24) is 14.9 Å². The van der Waals surface area contributed by atoms with E-state index in [2.05, 4.69) is 15.3 Å². The van der Waals surface area contributed by atoms with Crippen molar-refractivity contribution in [2.75, 3.05) is 13.7 Å². The molecule has 2 N–H and O–H groups in total. The van der Waals surface area contributed by atoms with Gasteiger partial charge in [0.15, 0.2) is 11.5 Å². The lowest BCUT2D eigenvalue weighted by molar-refractivity contribution is 0.311. The SMILES string of the molecule is CCOc1cc(/C=N\n2c(=S)[nH][nH]c2=S)ccc1OC. The predicted octanol–water partition coefficient (Wildman–Crippen LogP) is 2.89. The number of H-pyrrole nitrogens is 2. The minimum absolute atomic E-state index is 0.407. The molecule has 2 aromatic rings. The number of methoxy groups -OCH3 is 1. The summed E-state index contributed by atoms with van der Waals surface area (Å²) in [5.74, 6) is 1.35. The molecule has 2 rings (SSSR count). The highest BCUT2D eigenvalue weighted by molar-refractivity contribution is 7.72. The molecule has 6 nitrogen and oxygen atoms in total. The van der Waals surface area contributed by atoms with Crippen LogP contribution in [-0.2, 0) is 0 Å². The van der Waals surface area contributed by atoms with Gasteiger partial charge in [-0.1, -0.05) is 0 Å². The molecule has 0 unspecified atom stereocenters. The Kier molecular flexibility index (Phi) is 4.70. The molecule has 0 bridgehead atoms. The molecular formula is C12H14N4O2S2. The molecule has 106 valence electrons. The van der Waals surface area contributed by atoms with Crippen LogP contribution >= 0.6 is 24.4 Å². The standard InChI is InChI=1S/C12H14N4O2S2/c1-3-18-10-6-8(4-5-9(10)17-2)7-13-16-11(19)14-15-12(16)20/h4-7H,3H2,1-2H3,(H,14,19)(H,15,20)/b13-7-. The number of ether oxygens (including phenoxy) is 2. The summed E-state index contributed by atoms with van der Waals surface area (Å²) in [6, 6.07) is 5.53. The largest absolute Gasteiger partial charge is 0.493 e. The second-order valence-corrected chi connectivity index (χ2v) is 4.53. The van der Waals surface area contributed by atoms with Gasteiger partial charge in [0, 0.05) is 0 Å². The van der Waals surface area contributed by atoms with Crippen LogP contribution in [0.15, 0.2) is 23.3 Å². The second kappa shape index (κ2) is 6.49. The molecule has 0 aliphatic heterocycles. The van der Waals surface area contributed by atoms with Crippen LogP contribution in [-0.4, -0.2) is 34.8 Å². The highest BCUT2D eigenvalue weighted by Gasteiger charge is 2.04. The molecule has 0 aliphatic carbocycles. The maximum absolute atomic E-state index is 5.51. The van der Waals surface area contributed by atoms with Crippen LogP contribution in [0.2, 0.25) is 0 Å². The van der Waals surface area contributed by atoms with Crippen LogP contribution < -0.4 is 9.47 Å². The van der Waals surface area contributed by atoms with Gasteiger partial charge in [-0.05, 0) is 55.1 Å². The summed E-state index contributed by atoms with van der Waals surface area (Å²) >= 11 is 10.1. The monoisotopic (exact) mass is 310 g/mol. The van der Waals surface area contributed by atoms with Gasteiger partial charge in [0.25, 0.3) is 0 Å². The van der Waals surface area contributed by atoms with Crippen LogP contribution in [0, 0.1) is 9.54 Å². The molecule has 0 fully saturated rings. The molecule has 8 heteroatoms. The maximum Gasteiger partial charge on any atom is 0.215 e. The van der Waals surface area contributed by atoms with Crippen molar-refractivity contribution < 1.29 is 9.47 Å². The van der Waals surface area contributed by atoms with Gasteiger partial charge in [-0.2, -0.15) is 9.78 Å². The van der Waals surface area contributed by atoms with Crippen LogP contribution in [0.1, 0.15) is 12.5 Å². The first-order valence-electron chi connectivity index (χ1n) is 5.90. The summed E-state index contributed by atoms with van der Waals surface area (Å²) in [4.78, 5) is 0. The molecule has 0 amide bonds. The van der Waals surface area contributed by atoms with Crippen molar-refractivity contribution in [3.63, 3.8) is 0 Å². The van der Waals surface area contributed by atoms with Crippen LogP contribution in [0.5, 0.6) is 11.5 Å². The van der Waals surface area contributed by atoms with Gasteiger partial charge in [-0.25, -0.2) is 0 Å². The summed E-state index contributed by atoms with van der Waals surface area (Å²) in [6.07, 6.45) is 1.65. The van der Waals surface area contributed by atoms with Gasteiger partial charge in [-0.15, -0.1) is 0 Å². The third kappa shape index (κ3) is 3.14. The normalized spacial score (nSPS) is 10.9. The maximum atomic E-state index is 5.51. The van der Waals surface area contributed by atoms with E-state index < -0.39 is 0 Å². The molecule has 1 aromatic heterocycles. The number of rotatable bonds is 5. The van der Waals surface area contributed by atoms with Crippen molar-refractivity contribution in [2.24, 2.45) is 5.10 Å². The molecular weight excluding hydrogens is 296 g/mol. The van der Waals surface area contributed by atoms with Gasteiger partial charge < -0.3 is 9.47 Å². The first kappa shape index (κ1) is 14.5. The van der Waals surface area contributed by atoms with E-state index in [1.165, 1.54) is 4.68 Å². The van der Waals surface area contributed by atoms with Crippen LogP contribution in [0.4, 0.5) is 0 Å². The zero-order valence-corrected chi connectivity index (χ0v) is 12.7. The first-order valence-corrected chi connectivity index (χ1v) is 6.72. The lowest BCUT2D eigenvalue weighted by Crippen LogP contribution is -1.97. The Morgan fingerprint density at radius 1 is 1.25 bits per heavy atom. The third-order valence-corrected chi connectivity index (χ3v) is 3.02. The molecule has 0 radical (unpaired) electrons. The Morgan fingerprint density at radius 3 is 2.55 bits per heavy atom. The molecule has 1 aromatic carbocycles. The lowest BCUT2D eigenvalue weighted by Gasteiger charge is -2.09. The second-order valence-electron chi connectivity index (χ2n) is 3.76.